The van der Waals surface area contributed by atoms with Crippen LogP contribution < -0.4 is 23.3 Å². The van der Waals surface area contributed by atoms with E-state index in [1.807, 2.05) is 0 Å². The van der Waals surface area contributed by atoms with Crippen molar-refractivity contribution >= 4 is 21.7 Å². The molecule has 1 aliphatic heterocycles. The van der Waals surface area contributed by atoms with Gasteiger partial charge in [-0.3, -0.25) is 9.10 Å². The van der Waals surface area contributed by atoms with Crippen LogP contribution in [0, 0.1) is 0 Å². The van der Waals surface area contributed by atoms with E-state index >= 15 is 0 Å². The lowest BCUT2D eigenvalue weighted by Crippen LogP contribution is -2.36. The molecule has 0 aromatic heterocycles. The maximum absolute atomic E-state index is 13.4. The Balaban J connectivity index is 2.07. The van der Waals surface area contributed by atoms with Gasteiger partial charge in [-0.2, -0.15) is 0 Å². The molecule has 0 spiro atoms. The van der Waals surface area contributed by atoms with E-state index in [0.29, 0.717) is 36.2 Å². The number of ether oxygens (including phenoxy) is 5. The van der Waals surface area contributed by atoms with Crippen molar-refractivity contribution in [3.8, 4) is 23.0 Å². The molecule has 9 nitrogen and oxygen atoms in total. The van der Waals surface area contributed by atoms with E-state index in [0.717, 1.165) is 4.31 Å². The van der Waals surface area contributed by atoms with Gasteiger partial charge in [0.1, 0.15) is 19.8 Å². The molecule has 2 aromatic carbocycles. The fourth-order valence-corrected chi connectivity index (χ4v) is 4.21. The summed E-state index contributed by atoms with van der Waals surface area (Å²) in [7, 11) is -0.0503. The second kappa shape index (κ2) is 8.48. The molecular weight excluding hydrogens is 402 g/mol. The van der Waals surface area contributed by atoms with Crippen LogP contribution in [0.25, 0.3) is 0 Å². The van der Waals surface area contributed by atoms with Crippen LogP contribution in [0.5, 0.6) is 23.0 Å². The van der Waals surface area contributed by atoms with Gasteiger partial charge in [0.25, 0.3) is 10.0 Å². The number of hydrogen-bond donors (Lipinski definition) is 0. The molecule has 1 aliphatic rings. The van der Waals surface area contributed by atoms with E-state index in [9.17, 15) is 13.2 Å². The van der Waals surface area contributed by atoms with E-state index in [1.165, 1.54) is 51.7 Å². The largest absolute Gasteiger partial charge is 0.493 e. The van der Waals surface area contributed by atoms with Crippen LogP contribution in [0.2, 0.25) is 0 Å². The molecule has 0 aliphatic carbocycles. The molecule has 156 valence electrons. The van der Waals surface area contributed by atoms with E-state index in [2.05, 4.69) is 4.74 Å². The fourth-order valence-electron chi connectivity index (χ4n) is 2.79. The number of benzene rings is 2. The number of carbonyl (C=O) groups excluding carboxylic acids is 1. The SMILES string of the molecule is COC(=O)CN(c1ccc(OC)c(OC)c1)S(=O)(=O)c1ccc2c(c1)OCCO2. The third-order valence-electron chi connectivity index (χ3n) is 4.26. The van der Waals surface area contributed by atoms with E-state index in [-0.39, 0.29) is 10.6 Å². The molecule has 0 fully saturated rings. The van der Waals surface area contributed by atoms with Crippen LogP contribution in [0.15, 0.2) is 41.3 Å². The number of methoxy groups -OCH3 is 3. The van der Waals surface area contributed by atoms with Gasteiger partial charge in [-0.25, -0.2) is 8.42 Å². The molecule has 2 aromatic rings. The van der Waals surface area contributed by atoms with Crippen LogP contribution in [-0.4, -0.2) is 55.5 Å². The summed E-state index contributed by atoms with van der Waals surface area (Å²) in [6.45, 7) is 0.181. The summed E-state index contributed by atoms with van der Waals surface area (Å²) in [5.74, 6) is 0.799. The van der Waals surface area contributed by atoms with Crippen molar-refractivity contribution in [3.63, 3.8) is 0 Å². The molecule has 0 atom stereocenters. The van der Waals surface area contributed by atoms with Gasteiger partial charge in [0.2, 0.25) is 0 Å². The smallest absolute Gasteiger partial charge is 0.326 e. The van der Waals surface area contributed by atoms with Crippen molar-refractivity contribution in [3.05, 3.63) is 36.4 Å². The molecule has 3 rings (SSSR count). The molecule has 1 heterocycles. The Kier molecular flexibility index (Phi) is 6.02. The number of hydrogen-bond acceptors (Lipinski definition) is 8. The van der Waals surface area contributed by atoms with Gasteiger partial charge in [-0.05, 0) is 24.3 Å². The predicted octanol–water partition coefficient (Wildman–Crippen LogP) is 1.84. The molecule has 0 bridgehead atoms. The zero-order chi connectivity index (χ0) is 21.0. The second-order valence-electron chi connectivity index (χ2n) is 5.93. The molecular formula is C19H21NO8S. The Morgan fingerprint density at radius 1 is 0.966 bits per heavy atom. The molecule has 0 saturated heterocycles. The summed E-state index contributed by atoms with van der Waals surface area (Å²) < 4.78 is 53.7. The van der Waals surface area contributed by atoms with E-state index in [4.69, 9.17) is 18.9 Å². The molecule has 0 saturated carbocycles. The average molecular weight is 423 g/mol. The first-order chi connectivity index (χ1) is 13.9. The van der Waals surface area contributed by atoms with Crippen LogP contribution >= 0.6 is 0 Å². The van der Waals surface area contributed by atoms with E-state index in [1.54, 1.807) is 6.07 Å². The third kappa shape index (κ3) is 4.16. The highest BCUT2D eigenvalue weighted by atomic mass is 32.2. The Bertz CT molecular complexity index is 1010. The maximum Gasteiger partial charge on any atom is 0.326 e. The number of anilines is 1. The van der Waals surface area contributed by atoms with Gasteiger partial charge in [-0.15, -0.1) is 0 Å². The standard InChI is InChI=1S/C19H21NO8S/c1-24-15-6-4-13(10-17(15)25-2)20(12-19(21)26-3)29(22,23)14-5-7-16-18(11-14)28-9-8-27-16/h4-7,10-11H,8-9,12H2,1-3H3. The van der Waals surface area contributed by atoms with Crippen molar-refractivity contribution in [1.29, 1.82) is 0 Å². The zero-order valence-corrected chi connectivity index (χ0v) is 17.0. The molecule has 10 heteroatoms. The number of nitrogens with zero attached hydrogens (tertiary/aromatic N) is 1. The number of fused-ring (bicyclic) bond motifs is 1. The van der Waals surface area contributed by atoms with E-state index < -0.39 is 22.5 Å². The molecule has 0 radical (unpaired) electrons. The summed E-state index contributed by atoms with van der Waals surface area (Å²) >= 11 is 0. The Morgan fingerprint density at radius 2 is 1.66 bits per heavy atom. The highest BCUT2D eigenvalue weighted by molar-refractivity contribution is 7.92. The lowest BCUT2D eigenvalue weighted by atomic mass is 10.2. The first-order valence-corrected chi connectivity index (χ1v) is 10.1. The molecule has 29 heavy (non-hydrogen) atoms. The molecule has 0 N–H and O–H groups in total. The lowest BCUT2D eigenvalue weighted by molar-refractivity contribution is -0.138. The minimum Gasteiger partial charge on any atom is -0.493 e. The van der Waals surface area contributed by atoms with Crippen molar-refractivity contribution < 1.29 is 36.9 Å². The normalized spacial score (nSPS) is 12.8. The van der Waals surface area contributed by atoms with Crippen LogP contribution in [-0.2, 0) is 19.6 Å². The Labute approximate surface area is 168 Å². The van der Waals surface area contributed by atoms with Crippen molar-refractivity contribution in [1.82, 2.24) is 0 Å². The molecule has 0 amide bonds. The van der Waals surface area contributed by atoms with Crippen LogP contribution in [0.4, 0.5) is 5.69 Å². The number of carbonyl (C=O) groups is 1. The highest BCUT2D eigenvalue weighted by Gasteiger charge is 2.30. The fraction of sp³-hybridized carbons (Fsp3) is 0.316. The average Bonchev–Trinajstić information content (AvgIpc) is 2.76. The highest BCUT2D eigenvalue weighted by Crippen LogP contribution is 2.36. The summed E-state index contributed by atoms with van der Waals surface area (Å²) in [4.78, 5) is 11.9. The zero-order valence-electron chi connectivity index (χ0n) is 16.2. The Hall–Kier alpha value is -3.14. The third-order valence-corrected chi connectivity index (χ3v) is 6.03. The second-order valence-corrected chi connectivity index (χ2v) is 7.79. The van der Waals surface area contributed by atoms with Crippen LogP contribution in [0.1, 0.15) is 0 Å². The van der Waals surface area contributed by atoms with Crippen molar-refractivity contribution in [2.45, 2.75) is 4.90 Å². The van der Waals surface area contributed by atoms with Gasteiger partial charge in [0.05, 0.1) is 31.9 Å². The maximum atomic E-state index is 13.4. The van der Waals surface area contributed by atoms with Crippen LogP contribution in [0.3, 0.4) is 0 Å². The summed E-state index contributed by atoms with van der Waals surface area (Å²) in [6, 6.07) is 8.82. The summed E-state index contributed by atoms with van der Waals surface area (Å²) in [6.07, 6.45) is 0. The lowest BCUT2D eigenvalue weighted by Gasteiger charge is -2.25. The summed E-state index contributed by atoms with van der Waals surface area (Å²) in [5, 5.41) is 0. The Morgan fingerprint density at radius 3 is 2.31 bits per heavy atom. The monoisotopic (exact) mass is 423 g/mol. The van der Waals surface area contributed by atoms with Gasteiger partial charge in [-0.1, -0.05) is 0 Å². The van der Waals surface area contributed by atoms with Gasteiger partial charge in [0, 0.05) is 12.1 Å². The van der Waals surface area contributed by atoms with Gasteiger partial charge >= 0.3 is 5.97 Å². The first kappa shape index (κ1) is 20.6. The number of sulfonamides is 1. The van der Waals surface area contributed by atoms with Crippen molar-refractivity contribution in [2.24, 2.45) is 0 Å². The number of rotatable bonds is 7. The van der Waals surface area contributed by atoms with Gasteiger partial charge < -0.3 is 23.7 Å². The number of esters is 1. The molecule has 0 unspecified atom stereocenters. The summed E-state index contributed by atoms with van der Waals surface area (Å²) in [5.41, 5.74) is 0.211. The topological polar surface area (TPSA) is 101 Å². The first-order valence-electron chi connectivity index (χ1n) is 8.62. The van der Waals surface area contributed by atoms with Crippen molar-refractivity contribution in [2.75, 3.05) is 45.4 Å². The minimum atomic E-state index is -4.14. The quantitative estimate of drug-likeness (QED) is 0.622. The van der Waals surface area contributed by atoms with Gasteiger partial charge in [0.15, 0.2) is 23.0 Å². The minimum absolute atomic E-state index is 0.0552. The predicted molar refractivity (Wildman–Crippen MR) is 104 cm³/mol.